The maximum absolute atomic E-state index is 8.88. The van der Waals surface area contributed by atoms with E-state index in [9.17, 15) is 0 Å². The lowest BCUT2D eigenvalue weighted by Gasteiger charge is -1.96. The number of benzene rings is 1. The van der Waals surface area contributed by atoms with Crippen molar-refractivity contribution in [3.05, 3.63) is 18.2 Å². The van der Waals surface area contributed by atoms with Gasteiger partial charge in [-0.3, -0.25) is 0 Å². The highest BCUT2D eigenvalue weighted by Gasteiger charge is 1.93. The third kappa shape index (κ3) is 1.29. The summed E-state index contributed by atoms with van der Waals surface area (Å²) in [5, 5.41) is 8.88. The second kappa shape index (κ2) is 2.19. The van der Waals surface area contributed by atoms with E-state index in [4.69, 9.17) is 10.8 Å². The Morgan fingerprint density at radius 2 is 2.11 bits per heavy atom. The molecule has 0 unspecified atom stereocenters. The lowest BCUT2D eigenvalue weighted by atomic mass is 10.3. The fourth-order valence-electron chi connectivity index (χ4n) is 0.542. The van der Waals surface area contributed by atoms with Gasteiger partial charge in [-0.15, -0.1) is 12.6 Å². The second-order valence-electron chi connectivity index (χ2n) is 1.74. The highest BCUT2D eigenvalue weighted by molar-refractivity contribution is 7.80. The number of nitrogens with two attached hydrogens (primary N) is 1. The monoisotopic (exact) mass is 141 g/mol. The normalized spacial score (nSPS) is 9.44. The largest absolute Gasteiger partial charge is 0.506 e. The fraction of sp³-hybridized carbons (Fsp3) is 0. The van der Waals surface area contributed by atoms with Crippen LogP contribution in [-0.2, 0) is 0 Å². The number of hydrogen-bond donors (Lipinski definition) is 3. The van der Waals surface area contributed by atoms with Gasteiger partial charge in [-0.1, -0.05) is 0 Å². The van der Waals surface area contributed by atoms with Crippen molar-refractivity contribution in [2.75, 3.05) is 5.73 Å². The van der Waals surface area contributed by atoms with E-state index >= 15 is 0 Å². The number of hydrogen-bond acceptors (Lipinski definition) is 3. The number of thiol groups is 1. The van der Waals surface area contributed by atoms with E-state index in [0.29, 0.717) is 5.69 Å². The standard InChI is InChI=1S/C6H7NOS/c7-5-3-4(9)1-2-6(5)8/h1-3,8-9H,7H2. The predicted molar refractivity (Wildman–Crippen MR) is 39.8 cm³/mol. The molecule has 0 radical (unpaired) electrons. The zero-order valence-electron chi connectivity index (χ0n) is 4.70. The number of rotatable bonds is 0. The van der Waals surface area contributed by atoms with E-state index in [2.05, 4.69) is 12.6 Å². The van der Waals surface area contributed by atoms with E-state index < -0.39 is 0 Å². The van der Waals surface area contributed by atoms with E-state index in [-0.39, 0.29) is 5.75 Å². The van der Waals surface area contributed by atoms with Gasteiger partial charge in [-0.25, -0.2) is 0 Å². The molecule has 0 aliphatic heterocycles. The first-order valence-electron chi connectivity index (χ1n) is 2.47. The SMILES string of the molecule is Nc1cc(S)ccc1O. The lowest BCUT2D eigenvalue weighted by molar-refractivity contribution is 0.477. The van der Waals surface area contributed by atoms with E-state index in [1.807, 2.05) is 0 Å². The summed E-state index contributed by atoms with van der Waals surface area (Å²) in [5.74, 6) is 0.104. The molecule has 9 heavy (non-hydrogen) atoms. The molecule has 2 nitrogen and oxygen atoms in total. The van der Waals surface area contributed by atoms with Crippen LogP contribution in [0.5, 0.6) is 5.75 Å². The molecule has 0 aliphatic carbocycles. The number of phenolic OH excluding ortho intramolecular Hbond substituents is 1. The van der Waals surface area contributed by atoms with Gasteiger partial charge in [-0.2, -0.15) is 0 Å². The van der Waals surface area contributed by atoms with Crippen molar-refractivity contribution in [1.82, 2.24) is 0 Å². The minimum atomic E-state index is 0.104. The molecule has 0 atom stereocenters. The summed E-state index contributed by atoms with van der Waals surface area (Å²) in [6, 6.07) is 4.78. The maximum atomic E-state index is 8.88. The van der Waals surface area contributed by atoms with Crippen molar-refractivity contribution < 1.29 is 5.11 Å². The Labute approximate surface area is 58.7 Å². The summed E-state index contributed by atoms with van der Waals surface area (Å²) in [6.07, 6.45) is 0. The van der Waals surface area contributed by atoms with E-state index in [1.54, 1.807) is 12.1 Å². The van der Waals surface area contributed by atoms with Gasteiger partial charge in [0.25, 0.3) is 0 Å². The molecule has 0 spiro atoms. The van der Waals surface area contributed by atoms with Crippen LogP contribution in [-0.4, -0.2) is 5.11 Å². The smallest absolute Gasteiger partial charge is 0.138 e. The van der Waals surface area contributed by atoms with Gasteiger partial charge in [0, 0.05) is 4.90 Å². The molecule has 0 saturated heterocycles. The lowest BCUT2D eigenvalue weighted by Crippen LogP contribution is -1.83. The van der Waals surface area contributed by atoms with Crippen LogP contribution in [0, 0.1) is 0 Å². The van der Waals surface area contributed by atoms with E-state index in [0.717, 1.165) is 4.90 Å². The van der Waals surface area contributed by atoms with Gasteiger partial charge in [0.2, 0.25) is 0 Å². The summed E-state index contributed by atoms with van der Waals surface area (Å²) >= 11 is 4.01. The van der Waals surface area contributed by atoms with Gasteiger partial charge < -0.3 is 10.8 Å². The van der Waals surface area contributed by atoms with Gasteiger partial charge in [0.15, 0.2) is 0 Å². The molecule has 3 heteroatoms. The summed E-state index contributed by atoms with van der Waals surface area (Å²) < 4.78 is 0. The van der Waals surface area contributed by atoms with Crippen molar-refractivity contribution in [1.29, 1.82) is 0 Å². The van der Waals surface area contributed by atoms with Crippen LogP contribution in [0.2, 0.25) is 0 Å². The Balaban J connectivity index is 3.17. The molecule has 3 N–H and O–H groups in total. The minimum Gasteiger partial charge on any atom is -0.506 e. The zero-order valence-corrected chi connectivity index (χ0v) is 5.60. The number of phenols is 1. The van der Waals surface area contributed by atoms with Crippen molar-refractivity contribution in [3.63, 3.8) is 0 Å². The maximum Gasteiger partial charge on any atom is 0.138 e. The Bertz CT molecular complexity index is 224. The third-order valence-electron chi connectivity index (χ3n) is 1.01. The number of anilines is 1. The Morgan fingerprint density at radius 3 is 2.56 bits per heavy atom. The summed E-state index contributed by atoms with van der Waals surface area (Å²) in [7, 11) is 0. The third-order valence-corrected chi connectivity index (χ3v) is 1.29. The molecular weight excluding hydrogens is 134 g/mol. The molecular formula is C6H7NOS. The van der Waals surface area contributed by atoms with Crippen LogP contribution in [0.1, 0.15) is 0 Å². The molecule has 0 heterocycles. The molecule has 1 aromatic rings. The van der Waals surface area contributed by atoms with E-state index in [1.165, 1.54) is 6.07 Å². The first kappa shape index (κ1) is 6.29. The molecule has 0 fully saturated rings. The Kier molecular flexibility index (Phi) is 1.53. The van der Waals surface area contributed by atoms with Crippen LogP contribution in [0.15, 0.2) is 23.1 Å². The molecule has 1 aromatic carbocycles. The molecule has 0 amide bonds. The van der Waals surface area contributed by atoms with Crippen LogP contribution in [0.3, 0.4) is 0 Å². The highest BCUT2D eigenvalue weighted by Crippen LogP contribution is 2.21. The van der Waals surface area contributed by atoms with Gasteiger partial charge in [0.05, 0.1) is 5.69 Å². The topological polar surface area (TPSA) is 46.2 Å². The molecule has 0 bridgehead atoms. The first-order chi connectivity index (χ1) is 4.20. The van der Waals surface area contributed by atoms with Gasteiger partial charge >= 0.3 is 0 Å². The molecule has 1 rings (SSSR count). The number of nitrogen functional groups attached to an aromatic ring is 1. The quantitative estimate of drug-likeness (QED) is 0.289. The predicted octanol–water partition coefficient (Wildman–Crippen LogP) is 1.26. The second-order valence-corrected chi connectivity index (χ2v) is 2.26. The fourth-order valence-corrected chi connectivity index (χ4v) is 0.756. The molecule has 0 aromatic heterocycles. The zero-order chi connectivity index (χ0) is 6.85. The average Bonchev–Trinajstić information content (AvgIpc) is 1.80. The van der Waals surface area contributed by atoms with Crippen molar-refractivity contribution in [2.24, 2.45) is 0 Å². The average molecular weight is 141 g/mol. The van der Waals surface area contributed by atoms with Crippen molar-refractivity contribution in [2.45, 2.75) is 4.90 Å². The van der Waals surface area contributed by atoms with Crippen LogP contribution >= 0.6 is 12.6 Å². The summed E-state index contributed by atoms with van der Waals surface area (Å²) in [6.45, 7) is 0. The first-order valence-corrected chi connectivity index (χ1v) is 2.92. The Morgan fingerprint density at radius 1 is 1.44 bits per heavy atom. The highest BCUT2D eigenvalue weighted by atomic mass is 32.1. The minimum absolute atomic E-state index is 0.104. The van der Waals surface area contributed by atoms with Crippen LogP contribution in [0.4, 0.5) is 5.69 Å². The van der Waals surface area contributed by atoms with Gasteiger partial charge in [0.1, 0.15) is 5.75 Å². The van der Waals surface area contributed by atoms with Crippen molar-refractivity contribution >= 4 is 18.3 Å². The molecule has 0 aliphatic rings. The molecule has 48 valence electrons. The summed E-state index contributed by atoms with van der Waals surface area (Å²) in [4.78, 5) is 0.755. The van der Waals surface area contributed by atoms with Crippen LogP contribution < -0.4 is 5.73 Å². The number of aromatic hydroxyl groups is 1. The molecule has 0 saturated carbocycles. The van der Waals surface area contributed by atoms with Crippen molar-refractivity contribution in [3.8, 4) is 5.75 Å². The Hall–Kier alpha value is -0.830. The van der Waals surface area contributed by atoms with Gasteiger partial charge in [-0.05, 0) is 18.2 Å². The van der Waals surface area contributed by atoms with Crippen LogP contribution in [0.25, 0.3) is 0 Å². The summed E-state index contributed by atoms with van der Waals surface area (Å²) in [5.41, 5.74) is 5.69.